The molecule has 0 amide bonds. The standard InChI is InChI=1S/C16H19N3O2/c1-11-13(9-18(2)17-11)10-19-8-7-12-5-3-4-6-14(12)15(19)16(20)21/h3-6,9,15H,7-8,10H2,1-2H3,(H,20,21). The lowest BCUT2D eigenvalue weighted by atomic mass is 9.92. The molecule has 2 heterocycles. The van der Waals surface area contributed by atoms with Crippen molar-refractivity contribution in [3.05, 3.63) is 52.8 Å². The van der Waals surface area contributed by atoms with Crippen molar-refractivity contribution in [1.29, 1.82) is 0 Å². The van der Waals surface area contributed by atoms with Crippen LogP contribution in [0.5, 0.6) is 0 Å². The van der Waals surface area contributed by atoms with Gasteiger partial charge in [-0.05, 0) is 24.5 Å². The van der Waals surface area contributed by atoms with Gasteiger partial charge in [-0.25, -0.2) is 0 Å². The van der Waals surface area contributed by atoms with E-state index in [2.05, 4.69) is 5.10 Å². The van der Waals surface area contributed by atoms with E-state index in [0.29, 0.717) is 6.54 Å². The second-order valence-electron chi connectivity index (χ2n) is 5.57. The fraction of sp³-hybridized carbons (Fsp3) is 0.375. The Balaban J connectivity index is 1.92. The minimum absolute atomic E-state index is 0.574. The van der Waals surface area contributed by atoms with Crippen LogP contribution in [0.4, 0.5) is 0 Å². The third kappa shape index (κ3) is 2.56. The molecule has 0 saturated carbocycles. The van der Waals surface area contributed by atoms with Crippen LogP contribution in [0.2, 0.25) is 0 Å². The lowest BCUT2D eigenvalue weighted by Gasteiger charge is -2.34. The highest BCUT2D eigenvalue weighted by atomic mass is 16.4. The average Bonchev–Trinajstić information content (AvgIpc) is 2.76. The van der Waals surface area contributed by atoms with Gasteiger partial charge in [0.1, 0.15) is 6.04 Å². The maximum atomic E-state index is 11.7. The Morgan fingerprint density at radius 2 is 2.19 bits per heavy atom. The second-order valence-corrected chi connectivity index (χ2v) is 5.57. The highest BCUT2D eigenvalue weighted by Gasteiger charge is 2.33. The van der Waals surface area contributed by atoms with E-state index in [9.17, 15) is 9.90 Å². The van der Waals surface area contributed by atoms with E-state index in [0.717, 1.165) is 35.3 Å². The van der Waals surface area contributed by atoms with E-state index in [1.807, 2.05) is 49.3 Å². The number of aliphatic carboxylic acids is 1. The fourth-order valence-corrected chi connectivity index (χ4v) is 3.10. The average molecular weight is 285 g/mol. The summed E-state index contributed by atoms with van der Waals surface area (Å²) in [6.07, 6.45) is 2.86. The normalized spacial score (nSPS) is 18.5. The molecular formula is C16H19N3O2. The number of nitrogens with zero attached hydrogens (tertiary/aromatic N) is 3. The molecule has 1 aromatic heterocycles. The van der Waals surface area contributed by atoms with Crippen LogP contribution in [-0.2, 0) is 24.8 Å². The number of rotatable bonds is 3. The van der Waals surface area contributed by atoms with Gasteiger partial charge in [0.15, 0.2) is 0 Å². The zero-order valence-electron chi connectivity index (χ0n) is 12.3. The topological polar surface area (TPSA) is 58.4 Å². The van der Waals surface area contributed by atoms with Crippen LogP contribution in [0.1, 0.15) is 28.4 Å². The summed E-state index contributed by atoms with van der Waals surface area (Å²) in [6, 6.07) is 7.26. The molecule has 0 fully saturated rings. The molecule has 0 saturated heterocycles. The van der Waals surface area contributed by atoms with Crippen LogP contribution in [0.3, 0.4) is 0 Å². The van der Waals surface area contributed by atoms with E-state index in [1.54, 1.807) is 4.68 Å². The monoisotopic (exact) mass is 285 g/mol. The number of hydrogen-bond donors (Lipinski definition) is 1. The van der Waals surface area contributed by atoms with Crippen LogP contribution in [0.15, 0.2) is 30.5 Å². The number of fused-ring (bicyclic) bond motifs is 1. The second kappa shape index (κ2) is 5.33. The molecule has 3 rings (SSSR count). The Kier molecular flexibility index (Phi) is 3.51. The van der Waals surface area contributed by atoms with Crippen LogP contribution in [-0.4, -0.2) is 32.3 Å². The molecule has 1 aromatic carbocycles. The molecule has 5 heteroatoms. The smallest absolute Gasteiger partial charge is 0.325 e. The van der Waals surface area contributed by atoms with E-state index < -0.39 is 12.0 Å². The molecule has 110 valence electrons. The quantitative estimate of drug-likeness (QED) is 0.936. The Bertz CT molecular complexity index is 678. The highest BCUT2D eigenvalue weighted by molar-refractivity contribution is 5.76. The number of carbonyl (C=O) groups is 1. The van der Waals surface area contributed by atoms with Gasteiger partial charge in [-0.1, -0.05) is 24.3 Å². The van der Waals surface area contributed by atoms with Crippen molar-refractivity contribution in [2.24, 2.45) is 7.05 Å². The van der Waals surface area contributed by atoms with Gasteiger partial charge in [0.2, 0.25) is 0 Å². The van der Waals surface area contributed by atoms with E-state index in [4.69, 9.17) is 0 Å². The van der Waals surface area contributed by atoms with Gasteiger partial charge in [-0.3, -0.25) is 14.4 Å². The first kappa shape index (κ1) is 13.8. The predicted octanol–water partition coefficient (Wildman–Crippen LogP) is 1.91. The summed E-state index contributed by atoms with van der Waals surface area (Å²) < 4.78 is 1.78. The zero-order valence-corrected chi connectivity index (χ0v) is 12.3. The van der Waals surface area contributed by atoms with E-state index in [1.165, 1.54) is 0 Å². The maximum absolute atomic E-state index is 11.7. The van der Waals surface area contributed by atoms with Crippen LogP contribution >= 0.6 is 0 Å². The Hall–Kier alpha value is -2.14. The third-order valence-electron chi connectivity index (χ3n) is 4.11. The van der Waals surface area contributed by atoms with Crippen molar-refractivity contribution in [3.8, 4) is 0 Å². The van der Waals surface area contributed by atoms with Gasteiger partial charge in [0.25, 0.3) is 0 Å². The first-order chi connectivity index (χ1) is 10.1. The lowest BCUT2D eigenvalue weighted by Crippen LogP contribution is -2.39. The highest BCUT2D eigenvalue weighted by Crippen LogP contribution is 2.31. The van der Waals surface area contributed by atoms with Crippen molar-refractivity contribution in [2.45, 2.75) is 25.9 Å². The molecule has 1 atom stereocenters. The predicted molar refractivity (Wildman–Crippen MR) is 78.9 cm³/mol. The summed E-state index contributed by atoms with van der Waals surface area (Å²) in [5, 5.41) is 14.0. The zero-order chi connectivity index (χ0) is 15.0. The molecule has 1 aliphatic rings. The first-order valence-electron chi connectivity index (χ1n) is 7.10. The number of carboxylic acid groups (broad SMARTS) is 1. The van der Waals surface area contributed by atoms with Gasteiger partial charge >= 0.3 is 5.97 Å². The lowest BCUT2D eigenvalue weighted by molar-refractivity contribution is -0.144. The molecule has 0 aliphatic carbocycles. The Morgan fingerprint density at radius 1 is 1.43 bits per heavy atom. The van der Waals surface area contributed by atoms with Crippen molar-refractivity contribution in [1.82, 2.24) is 14.7 Å². The molecule has 1 unspecified atom stereocenters. The number of hydrogen-bond acceptors (Lipinski definition) is 3. The molecule has 0 spiro atoms. The summed E-state index contributed by atoms with van der Waals surface area (Å²) in [5.41, 5.74) is 4.10. The van der Waals surface area contributed by atoms with Crippen molar-refractivity contribution in [3.63, 3.8) is 0 Å². The summed E-state index contributed by atoms with van der Waals surface area (Å²) in [4.78, 5) is 13.8. The number of carboxylic acids is 1. The molecule has 0 bridgehead atoms. The van der Waals surface area contributed by atoms with E-state index in [-0.39, 0.29) is 0 Å². The number of aromatic nitrogens is 2. The summed E-state index contributed by atoms with van der Waals surface area (Å²) in [6.45, 7) is 3.33. The minimum Gasteiger partial charge on any atom is -0.480 e. The van der Waals surface area contributed by atoms with Gasteiger partial charge in [-0.15, -0.1) is 0 Å². The van der Waals surface area contributed by atoms with Crippen molar-refractivity contribution < 1.29 is 9.90 Å². The molecule has 2 aromatic rings. The first-order valence-corrected chi connectivity index (χ1v) is 7.10. The largest absolute Gasteiger partial charge is 0.480 e. The summed E-state index contributed by atoms with van der Waals surface area (Å²) in [5.74, 6) is -0.788. The van der Waals surface area contributed by atoms with E-state index >= 15 is 0 Å². The molecule has 21 heavy (non-hydrogen) atoms. The van der Waals surface area contributed by atoms with Crippen molar-refractivity contribution >= 4 is 5.97 Å². The number of benzene rings is 1. The van der Waals surface area contributed by atoms with Gasteiger partial charge in [0, 0.05) is 31.9 Å². The fourth-order valence-electron chi connectivity index (χ4n) is 3.10. The Labute approximate surface area is 123 Å². The van der Waals surface area contributed by atoms with Crippen LogP contribution in [0.25, 0.3) is 0 Å². The van der Waals surface area contributed by atoms with Gasteiger partial charge in [-0.2, -0.15) is 5.10 Å². The SMILES string of the molecule is Cc1nn(C)cc1CN1CCc2ccccc2C1C(=O)O. The maximum Gasteiger partial charge on any atom is 0.325 e. The summed E-state index contributed by atoms with van der Waals surface area (Å²) >= 11 is 0. The summed E-state index contributed by atoms with van der Waals surface area (Å²) in [7, 11) is 1.89. The Morgan fingerprint density at radius 3 is 2.86 bits per heavy atom. The molecule has 5 nitrogen and oxygen atoms in total. The molecule has 0 radical (unpaired) electrons. The molecule has 1 N–H and O–H groups in total. The number of aryl methyl sites for hydroxylation is 2. The third-order valence-corrected chi connectivity index (χ3v) is 4.11. The van der Waals surface area contributed by atoms with Crippen molar-refractivity contribution in [2.75, 3.05) is 6.54 Å². The molecular weight excluding hydrogens is 266 g/mol. The minimum atomic E-state index is -0.788. The molecule has 1 aliphatic heterocycles. The van der Waals surface area contributed by atoms with Gasteiger partial charge < -0.3 is 5.11 Å². The van der Waals surface area contributed by atoms with Crippen LogP contribution in [0, 0.1) is 6.92 Å². The van der Waals surface area contributed by atoms with Gasteiger partial charge in [0.05, 0.1) is 5.69 Å². The van der Waals surface area contributed by atoms with Crippen LogP contribution < -0.4 is 0 Å².